The number of benzene rings is 2. The van der Waals surface area contributed by atoms with Gasteiger partial charge in [-0.3, -0.25) is 4.79 Å². The van der Waals surface area contributed by atoms with Crippen molar-refractivity contribution in [2.75, 3.05) is 13.6 Å². The van der Waals surface area contributed by atoms with Gasteiger partial charge in [-0.2, -0.15) is 0 Å². The van der Waals surface area contributed by atoms with Crippen molar-refractivity contribution in [2.45, 2.75) is 31.7 Å². The number of aromatic nitrogens is 1. The van der Waals surface area contributed by atoms with Crippen LogP contribution in [0.15, 0.2) is 42.6 Å². The van der Waals surface area contributed by atoms with Crippen molar-refractivity contribution < 1.29 is 13.6 Å². The molecule has 3 nitrogen and oxygen atoms in total. The number of fused-ring (bicyclic) bond motifs is 1. The molecule has 5 heteroatoms. The first-order valence-corrected chi connectivity index (χ1v) is 9.28. The second-order valence-corrected chi connectivity index (χ2v) is 7.40. The van der Waals surface area contributed by atoms with Crippen LogP contribution in [0.4, 0.5) is 8.78 Å². The lowest BCUT2D eigenvalue weighted by Crippen LogP contribution is -2.26. The van der Waals surface area contributed by atoms with E-state index in [1.54, 1.807) is 0 Å². The van der Waals surface area contributed by atoms with Gasteiger partial charge in [-0.25, -0.2) is 8.78 Å². The van der Waals surface area contributed by atoms with E-state index >= 15 is 0 Å². The zero-order valence-corrected chi connectivity index (χ0v) is 15.3. The van der Waals surface area contributed by atoms with Crippen LogP contribution in [0.2, 0.25) is 0 Å². The van der Waals surface area contributed by atoms with Crippen molar-refractivity contribution >= 4 is 16.7 Å². The van der Waals surface area contributed by atoms with Crippen molar-refractivity contribution in [3.05, 3.63) is 70.9 Å². The molecule has 1 aliphatic heterocycles. The van der Waals surface area contributed by atoms with Gasteiger partial charge in [0.25, 0.3) is 0 Å². The number of carbonyl (C=O) groups excluding carboxylic acids is 1. The molecule has 1 fully saturated rings. The van der Waals surface area contributed by atoms with E-state index in [0.29, 0.717) is 6.04 Å². The maximum absolute atomic E-state index is 13.9. The number of rotatable bonds is 5. The van der Waals surface area contributed by atoms with Crippen LogP contribution in [0.1, 0.15) is 34.3 Å². The molecule has 1 unspecified atom stereocenters. The number of H-pyrrole nitrogens is 1. The smallest absolute Gasteiger partial charge is 0.170 e. The molecule has 3 aromatic rings. The summed E-state index contributed by atoms with van der Waals surface area (Å²) in [4.78, 5) is 18.1. The van der Waals surface area contributed by atoms with Gasteiger partial charge in [0.1, 0.15) is 11.6 Å². The Morgan fingerprint density at radius 3 is 2.81 bits per heavy atom. The molecular weight excluding hydrogens is 346 g/mol. The second-order valence-electron chi connectivity index (χ2n) is 7.40. The van der Waals surface area contributed by atoms with Gasteiger partial charge < -0.3 is 9.88 Å². The Morgan fingerprint density at radius 1 is 1.22 bits per heavy atom. The van der Waals surface area contributed by atoms with Crippen LogP contribution in [0.5, 0.6) is 0 Å². The molecule has 2 heterocycles. The van der Waals surface area contributed by atoms with Gasteiger partial charge >= 0.3 is 0 Å². The van der Waals surface area contributed by atoms with E-state index in [-0.39, 0.29) is 17.8 Å². The number of hydrogen-bond acceptors (Lipinski definition) is 2. The van der Waals surface area contributed by atoms with Crippen LogP contribution < -0.4 is 0 Å². The lowest BCUT2D eigenvalue weighted by Gasteiger charge is -2.18. The molecule has 0 radical (unpaired) electrons. The third-order valence-corrected chi connectivity index (χ3v) is 5.56. The molecule has 0 amide bonds. The van der Waals surface area contributed by atoms with Crippen LogP contribution in [-0.4, -0.2) is 35.3 Å². The Kier molecular flexibility index (Phi) is 4.79. The number of aromatic amines is 1. The highest BCUT2D eigenvalue weighted by Gasteiger charge is 2.22. The average Bonchev–Trinajstić information content (AvgIpc) is 3.22. The molecule has 1 aromatic heterocycles. The first kappa shape index (κ1) is 17.9. The summed E-state index contributed by atoms with van der Waals surface area (Å²) in [5.41, 5.74) is 3.04. The highest BCUT2D eigenvalue weighted by atomic mass is 19.1. The van der Waals surface area contributed by atoms with E-state index in [9.17, 15) is 13.6 Å². The highest BCUT2D eigenvalue weighted by molar-refractivity contribution is 5.98. The summed E-state index contributed by atoms with van der Waals surface area (Å²) < 4.78 is 26.9. The van der Waals surface area contributed by atoms with E-state index in [0.717, 1.165) is 41.6 Å². The summed E-state index contributed by atoms with van der Waals surface area (Å²) in [5, 5.41) is 1.11. The minimum Gasteiger partial charge on any atom is -0.361 e. The van der Waals surface area contributed by atoms with Crippen molar-refractivity contribution in [3.63, 3.8) is 0 Å². The maximum Gasteiger partial charge on any atom is 0.170 e. The van der Waals surface area contributed by atoms with E-state index < -0.39 is 11.6 Å². The Bertz CT molecular complexity index is 995. The topological polar surface area (TPSA) is 36.1 Å². The fraction of sp³-hybridized carbons (Fsp3) is 0.318. The van der Waals surface area contributed by atoms with Crippen LogP contribution in [0.3, 0.4) is 0 Å². The quantitative estimate of drug-likeness (QED) is 0.673. The van der Waals surface area contributed by atoms with Crippen LogP contribution in [0.25, 0.3) is 10.9 Å². The van der Waals surface area contributed by atoms with E-state index in [1.807, 2.05) is 24.4 Å². The molecule has 0 saturated carbocycles. The number of nitrogens with one attached hydrogen (secondary N) is 1. The molecule has 1 atom stereocenters. The van der Waals surface area contributed by atoms with E-state index in [4.69, 9.17) is 0 Å². The molecular formula is C22H22F2N2O. The summed E-state index contributed by atoms with van der Waals surface area (Å²) in [5.74, 6) is -1.84. The Labute approximate surface area is 157 Å². The zero-order valence-electron chi connectivity index (χ0n) is 15.3. The van der Waals surface area contributed by atoms with Crippen molar-refractivity contribution in [1.82, 2.24) is 9.88 Å². The van der Waals surface area contributed by atoms with Crippen LogP contribution in [0, 0.1) is 11.6 Å². The molecule has 4 rings (SSSR count). The number of likely N-dealkylation sites (tertiary alicyclic amines) is 1. The number of nitrogens with zero attached hydrogens (tertiary/aromatic N) is 1. The van der Waals surface area contributed by atoms with Gasteiger partial charge in [0.15, 0.2) is 5.78 Å². The Balaban J connectivity index is 1.57. The number of likely N-dealkylation sites (N-methyl/N-ethyl adjacent to an activating group) is 1. The van der Waals surface area contributed by atoms with Gasteiger partial charge in [0, 0.05) is 35.6 Å². The van der Waals surface area contributed by atoms with Crippen LogP contribution in [-0.2, 0) is 12.8 Å². The first-order valence-electron chi connectivity index (χ1n) is 9.28. The van der Waals surface area contributed by atoms with Crippen molar-refractivity contribution in [1.29, 1.82) is 0 Å². The van der Waals surface area contributed by atoms with Gasteiger partial charge in [-0.1, -0.05) is 6.07 Å². The SMILES string of the molecule is CN1CCCC1Cc1c[nH]c2ccc(CC(=O)c3ccc(F)cc3F)cc12. The molecule has 0 bridgehead atoms. The summed E-state index contributed by atoms with van der Waals surface area (Å²) in [6.45, 7) is 1.13. The zero-order chi connectivity index (χ0) is 19.0. The molecule has 140 valence electrons. The minimum absolute atomic E-state index is 0.0710. The number of Topliss-reactive ketones (excluding diaryl/α,β-unsaturated/α-hetero) is 1. The molecule has 1 aliphatic rings. The molecule has 2 aromatic carbocycles. The fourth-order valence-corrected chi connectivity index (χ4v) is 3.99. The van der Waals surface area contributed by atoms with Gasteiger partial charge in [-0.15, -0.1) is 0 Å². The third-order valence-electron chi connectivity index (χ3n) is 5.56. The molecule has 0 spiro atoms. The van der Waals surface area contributed by atoms with Gasteiger partial charge in [-0.05, 0) is 68.2 Å². The predicted octanol–water partition coefficient (Wildman–Crippen LogP) is 4.51. The first-order chi connectivity index (χ1) is 13.0. The standard InChI is InChI=1S/C22H22F2N2O/c1-26-8-2-3-17(26)11-15-13-25-21-7-4-14(9-19(15)21)10-22(27)18-6-5-16(23)12-20(18)24/h4-7,9,12-13,17,25H,2-3,8,10-11H2,1H3. The minimum atomic E-state index is -0.812. The predicted molar refractivity (Wildman–Crippen MR) is 102 cm³/mol. The molecule has 27 heavy (non-hydrogen) atoms. The van der Waals surface area contributed by atoms with Crippen molar-refractivity contribution in [2.24, 2.45) is 0 Å². The normalized spacial score (nSPS) is 17.7. The summed E-state index contributed by atoms with van der Waals surface area (Å²) in [6.07, 6.45) is 5.53. The third kappa shape index (κ3) is 3.65. The molecule has 1 saturated heterocycles. The summed E-state index contributed by atoms with van der Waals surface area (Å²) >= 11 is 0. The fourth-order valence-electron chi connectivity index (χ4n) is 3.99. The maximum atomic E-state index is 13.9. The highest BCUT2D eigenvalue weighted by Crippen LogP contribution is 2.26. The lowest BCUT2D eigenvalue weighted by molar-refractivity contribution is 0.0989. The molecule has 0 aliphatic carbocycles. The van der Waals surface area contributed by atoms with Gasteiger partial charge in [0.2, 0.25) is 0 Å². The largest absolute Gasteiger partial charge is 0.361 e. The summed E-state index contributed by atoms with van der Waals surface area (Å²) in [7, 11) is 2.16. The lowest BCUT2D eigenvalue weighted by atomic mass is 9.98. The average molecular weight is 368 g/mol. The van der Waals surface area contributed by atoms with Crippen molar-refractivity contribution in [3.8, 4) is 0 Å². The van der Waals surface area contributed by atoms with E-state index in [1.165, 1.54) is 24.5 Å². The Hall–Kier alpha value is -2.53. The Morgan fingerprint density at radius 2 is 2.07 bits per heavy atom. The van der Waals surface area contributed by atoms with Crippen LogP contribution >= 0.6 is 0 Å². The number of halogens is 2. The second kappa shape index (κ2) is 7.24. The number of hydrogen-bond donors (Lipinski definition) is 1. The number of carbonyl (C=O) groups is 1. The monoisotopic (exact) mass is 368 g/mol. The number of ketones is 1. The van der Waals surface area contributed by atoms with E-state index in [2.05, 4.69) is 16.9 Å². The molecule has 1 N–H and O–H groups in total. The summed E-state index contributed by atoms with van der Waals surface area (Å²) in [6, 6.07) is 9.46. The van der Waals surface area contributed by atoms with Gasteiger partial charge in [0.05, 0.1) is 5.56 Å².